The van der Waals surface area contributed by atoms with Crippen LogP contribution in [0.5, 0.6) is 0 Å². The molecule has 2 fully saturated rings. The fraction of sp³-hybridized carbons (Fsp3) is 0.593. The molecule has 2 aliphatic carbocycles. The summed E-state index contributed by atoms with van der Waals surface area (Å²) in [6, 6.07) is 8.20. The van der Waals surface area contributed by atoms with Crippen LogP contribution in [0.4, 0.5) is 0 Å². The standard InChI is InChI=1S/C27H37NO5/c1-19-3-2-4-20(13-19)15-23(29)5-6-24-25-16-21(14-22(25)17-26(24)30)18-33-10-7-27(31)28-8-11-32-12-9-28/h2-6,13-14,22-26,29-30H,7-12,15-18H2,1H3/b6-5+/t22-,23-,24+,25-,26+/m0/s1. The molecule has 0 spiro atoms. The van der Waals surface area contributed by atoms with Crippen molar-refractivity contribution in [2.24, 2.45) is 17.8 Å². The van der Waals surface area contributed by atoms with Gasteiger partial charge in [0.2, 0.25) is 5.91 Å². The monoisotopic (exact) mass is 455 g/mol. The van der Waals surface area contributed by atoms with Crippen LogP contribution in [0.3, 0.4) is 0 Å². The van der Waals surface area contributed by atoms with Crippen molar-refractivity contribution in [1.29, 1.82) is 0 Å². The van der Waals surface area contributed by atoms with Gasteiger partial charge >= 0.3 is 0 Å². The first-order valence-electron chi connectivity index (χ1n) is 12.2. The Morgan fingerprint density at radius 1 is 1.33 bits per heavy atom. The van der Waals surface area contributed by atoms with Gasteiger partial charge in [0, 0.05) is 25.4 Å². The lowest BCUT2D eigenvalue weighted by atomic mass is 9.89. The molecule has 1 amide bonds. The number of morpholine rings is 1. The van der Waals surface area contributed by atoms with E-state index in [2.05, 4.69) is 25.1 Å². The molecule has 1 saturated carbocycles. The van der Waals surface area contributed by atoms with Crippen molar-refractivity contribution in [3.05, 3.63) is 59.2 Å². The van der Waals surface area contributed by atoms with Gasteiger partial charge < -0.3 is 24.6 Å². The smallest absolute Gasteiger partial charge is 0.225 e. The van der Waals surface area contributed by atoms with Gasteiger partial charge in [0.1, 0.15) is 0 Å². The van der Waals surface area contributed by atoms with Gasteiger partial charge in [0.15, 0.2) is 0 Å². The summed E-state index contributed by atoms with van der Waals surface area (Å²) >= 11 is 0. The molecule has 0 radical (unpaired) electrons. The summed E-state index contributed by atoms with van der Waals surface area (Å²) in [6.07, 6.45) is 7.85. The van der Waals surface area contributed by atoms with Crippen LogP contribution in [0.2, 0.25) is 0 Å². The van der Waals surface area contributed by atoms with E-state index >= 15 is 0 Å². The minimum atomic E-state index is -0.556. The second kappa shape index (κ2) is 11.4. The van der Waals surface area contributed by atoms with E-state index in [-0.39, 0.29) is 17.9 Å². The van der Waals surface area contributed by atoms with E-state index in [1.165, 1.54) is 11.1 Å². The Morgan fingerprint density at radius 2 is 2.15 bits per heavy atom. The Hall–Kier alpha value is -1.99. The van der Waals surface area contributed by atoms with Gasteiger partial charge in [-0.05, 0) is 42.7 Å². The number of nitrogens with zero attached hydrogens (tertiary/aromatic N) is 1. The van der Waals surface area contributed by atoms with Crippen molar-refractivity contribution < 1.29 is 24.5 Å². The molecule has 33 heavy (non-hydrogen) atoms. The van der Waals surface area contributed by atoms with Crippen molar-refractivity contribution in [3.8, 4) is 0 Å². The van der Waals surface area contributed by atoms with E-state index < -0.39 is 6.10 Å². The minimum absolute atomic E-state index is 0.0545. The number of rotatable bonds is 9. The number of fused-ring (bicyclic) bond motifs is 1. The number of aryl methyl sites for hydroxylation is 1. The van der Waals surface area contributed by atoms with Gasteiger partial charge in [-0.1, -0.05) is 48.1 Å². The number of hydrogen-bond donors (Lipinski definition) is 2. The lowest BCUT2D eigenvalue weighted by molar-refractivity contribution is -0.136. The first-order valence-corrected chi connectivity index (χ1v) is 12.2. The van der Waals surface area contributed by atoms with Crippen LogP contribution in [0.25, 0.3) is 0 Å². The molecule has 1 heterocycles. The van der Waals surface area contributed by atoms with Crippen LogP contribution in [0, 0.1) is 24.7 Å². The predicted molar refractivity (Wildman–Crippen MR) is 127 cm³/mol. The maximum atomic E-state index is 12.2. The van der Waals surface area contributed by atoms with E-state index in [0.717, 1.165) is 18.4 Å². The van der Waals surface area contributed by atoms with Crippen LogP contribution in [0.15, 0.2) is 48.1 Å². The Morgan fingerprint density at radius 3 is 2.94 bits per heavy atom. The van der Waals surface area contributed by atoms with Crippen LogP contribution >= 0.6 is 0 Å². The van der Waals surface area contributed by atoms with E-state index in [1.807, 2.05) is 29.2 Å². The first-order chi connectivity index (χ1) is 16.0. The number of allylic oxidation sites excluding steroid dienone is 1. The number of aliphatic hydroxyl groups is 2. The summed E-state index contributed by atoms with van der Waals surface area (Å²) in [6.45, 7) is 5.61. The van der Waals surface area contributed by atoms with Crippen molar-refractivity contribution in [2.75, 3.05) is 39.5 Å². The van der Waals surface area contributed by atoms with Gasteiger partial charge in [-0.25, -0.2) is 0 Å². The highest BCUT2D eigenvalue weighted by Crippen LogP contribution is 2.47. The lowest BCUT2D eigenvalue weighted by Gasteiger charge is -2.26. The van der Waals surface area contributed by atoms with E-state index in [4.69, 9.17) is 9.47 Å². The van der Waals surface area contributed by atoms with Crippen LogP contribution < -0.4 is 0 Å². The zero-order valence-electron chi connectivity index (χ0n) is 19.6. The zero-order valence-corrected chi connectivity index (χ0v) is 19.6. The van der Waals surface area contributed by atoms with Crippen LogP contribution in [-0.2, 0) is 20.7 Å². The second-order valence-corrected chi connectivity index (χ2v) is 9.68. The number of carbonyl (C=O) groups excluding carboxylic acids is 1. The summed E-state index contributed by atoms with van der Waals surface area (Å²) in [7, 11) is 0. The maximum Gasteiger partial charge on any atom is 0.225 e. The third-order valence-corrected chi connectivity index (χ3v) is 7.14. The molecule has 0 unspecified atom stereocenters. The average molecular weight is 456 g/mol. The Bertz CT molecular complexity index is 860. The number of ether oxygens (including phenoxy) is 2. The normalized spacial score (nSPS) is 28.2. The molecular formula is C27H37NO5. The molecule has 3 aliphatic rings. The molecule has 1 saturated heterocycles. The van der Waals surface area contributed by atoms with Gasteiger partial charge in [-0.15, -0.1) is 0 Å². The van der Waals surface area contributed by atoms with Gasteiger partial charge in [0.25, 0.3) is 0 Å². The van der Waals surface area contributed by atoms with Crippen molar-refractivity contribution in [2.45, 2.75) is 44.8 Å². The third-order valence-electron chi connectivity index (χ3n) is 7.14. The molecule has 6 heteroatoms. The molecule has 1 aliphatic heterocycles. The fourth-order valence-corrected chi connectivity index (χ4v) is 5.45. The first kappa shape index (κ1) is 24.1. The number of benzene rings is 1. The number of carbonyl (C=O) groups is 1. The van der Waals surface area contributed by atoms with E-state index in [1.54, 1.807) is 0 Å². The summed E-state index contributed by atoms with van der Waals surface area (Å²) in [5, 5.41) is 21.1. The molecule has 1 aromatic carbocycles. The zero-order chi connectivity index (χ0) is 23.2. The van der Waals surface area contributed by atoms with E-state index in [0.29, 0.717) is 64.2 Å². The summed E-state index contributed by atoms with van der Waals surface area (Å²) in [5.74, 6) is 0.903. The highest BCUT2D eigenvalue weighted by Gasteiger charge is 2.43. The largest absolute Gasteiger partial charge is 0.392 e. The molecule has 6 nitrogen and oxygen atoms in total. The topological polar surface area (TPSA) is 79.2 Å². The maximum absolute atomic E-state index is 12.2. The van der Waals surface area contributed by atoms with Crippen molar-refractivity contribution in [3.63, 3.8) is 0 Å². The molecule has 5 atom stereocenters. The van der Waals surface area contributed by atoms with Gasteiger partial charge in [-0.3, -0.25) is 4.79 Å². The minimum Gasteiger partial charge on any atom is -0.392 e. The number of amides is 1. The summed E-state index contributed by atoms with van der Waals surface area (Å²) in [4.78, 5) is 14.1. The molecule has 0 aromatic heterocycles. The Balaban J connectivity index is 1.21. The molecule has 4 rings (SSSR count). The third kappa shape index (κ3) is 6.54. The summed E-state index contributed by atoms with van der Waals surface area (Å²) < 4.78 is 11.1. The second-order valence-electron chi connectivity index (χ2n) is 9.68. The molecule has 180 valence electrons. The predicted octanol–water partition coefficient (Wildman–Crippen LogP) is 2.66. The molecular weight excluding hydrogens is 418 g/mol. The quantitative estimate of drug-likeness (QED) is 0.442. The number of aliphatic hydroxyl groups excluding tert-OH is 2. The number of hydrogen-bond acceptors (Lipinski definition) is 5. The summed E-state index contributed by atoms with van der Waals surface area (Å²) in [5.41, 5.74) is 3.57. The average Bonchev–Trinajstić information content (AvgIpc) is 3.32. The van der Waals surface area contributed by atoms with E-state index in [9.17, 15) is 15.0 Å². The van der Waals surface area contributed by atoms with Crippen molar-refractivity contribution >= 4 is 5.91 Å². The SMILES string of the molecule is Cc1cccc(C[C@@H](O)/C=C/[C@@H]2[C@H]3CC(COCCC(=O)N4CCOCC4)=C[C@H]3C[C@H]2O)c1. The van der Waals surface area contributed by atoms with Crippen LogP contribution in [-0.4, -0.2) is 72.7 Å². The lowest BCUT2D eigenvalue weighted by Crippen LogP contribution is -2.41. The van der Waals surface area contributed by atoms with Gasteiger partial charge in [0.05, 0.1) is 45.1 Å². The molecule has 0 bridgehead atoms. The molecule has 2 N–H and O–H groups in total. The fourth-order valence-electron chi connectivity index (χ4n) is 5.45. The van der Waals surface area contributed by atoms with Crippen molar-refractivity contribution in [1.82, 2.24) is 4.90 Å². The van der Waals surface area contributed by atoms with Gasteiger partial charge in [-0.2, -0.15) is 0 Å². The highest BCUT2D eigenvalue weighted by molar-refractivity contribution is 5.76. The Kier molecular flexibility index (Phi) is 8.36. The molecule has 1 aromatic rings. The Labute approximate surface area is 196 Å². The highest BCUT2D eigenvalue weighted by atomic mass is 16.5. The van der Waals surface area contributed by atoms with Crippen LogP contribution in [0.1, 0.15) is 30.4 Å².